The Morgan fingerprint density at radius 1 is 1.45 bits per heavy atom. The zero-order valence-electron chi connectivity index (χ0n) is 11.1. The molecule has 0 bridgehead atoms. The summed E-state index contributed by atoms with van der Waals surface area (Å²) in [6, 6.07) is 5.56. The van der Waals surface area contributed by atoms with Crippen molar-refractivity contribution in [2.75, 3.05) is 22.9 Å². The molecule has 104 valence electrons. The van der Waals surface area contributed by atoms with E-state index in [1.54, 1.807) is 29.4 Å². The van der Waals surface area contributed by atoms with Gasteiger partial charge in [0.25, 0.3) is 5.56 Å². The van der Waals surface area contributed by atoms with Gasteiger partial charge in [0, 0.05) is 24.7 Å². The fraction of sp³-hybridized carbons (Fsp3) is 0.286. The Kier molecular flexibility index (Phi) is 3.40. The number of thioether (sulfide) groups is 1. The van der Waals surface area contributed by atoms with Crippen LogP contribution in [-0.2, 0) is 11.8 Å². The Morgan fingerprint density at radius 2 is 2.30 bits per heavy atom. The highest BCUT2D eigenvalue weighted by Crippen LogP contribution is 2.34. The molecule has 2 N–H and O–H groups in total. The van der Waals surface area contributed by atoms with Crippen LogP contribution in [0.2, 0.25) is 0 Å². The molecule has 2 aromatic rings. The van der Waals surface area contributed by atoms with Gasteiger partial charge < -0.3 is 15.2 Å². The number of anilines is 2. The van der Waals surface area contributed by atoms with Crippen LogP contribution in [0.1, 0.15) is 6.42 Å². The number of nitrogens with one attached hydrogen (secondary N) is 2. The Morgan fingerprint density at radius 3 is 3.10 bits per heavy atom. The summed E-state index contributed by atoms with van der Waals surface area (Å²) >= 11 is 1.60. The minimum absolute atomic E-state index is 0.0306. The lowest BCUT2D eigenvalue weighted by molar-refractivity contribution is -0.105. The zero-order chi connectivity index (χ0) is 14.1. The summed E-state index contributed by atoms with van der Waals surface area (Å²) in [6.07, 6.45) is 1.68. The molecule has 0 atom stereocenters. The molecule has 3 rings (SSSR count). The number of hydrogen-bond donors (Lipinski definition) is 2. The molecule has 0 spiro atoms. The van der Waals surface area contributed by atoms with Crippen LogP contribution in [0.15, 0.2) is 27.9 Å². The molecule has 0 aliphatic carbocycles. The van der Waals surface area contributed by atoms with E-state index in [-0.39, 0.29) is 5.56 Å². The van der Waals surface area contributed by atoms with Gasteiger partial charge in [-0.1, -0.05) is 0 Å². The van der Waals surface area contributed by atoms with Crippen LogP contribution in [0, 0.1) is 0 Å². The maximum Gasteiger partial charge on any atom is 0.266 e. The van der Waals surface area contributed by atoms with Gasteiger partial charge in [-0.2, -0.15) is 0 Å². The van der Waals surface area contributed by atoms with Crippen molar-refractivity contribution in [3.63, 3.8) is 0 Å². The monoisotopic (exact) mass is 289 g/mol. The molecule has 0 saturated carbocycles. The second-order valence-corrected chi connectivity index (χ2v) is 5.80. The molecule has 6 heteroatoms. The van der Waals surface area contributed by atoms with Gasteiger partial charge in [0.1, 0.15) is 0 Å². The molecule has 20 heavy (non-hydrogen) atoms. The molecule has 1 aromatic carbocycles. The van der Waals surface area contributed by atoms with Gasteiger partial charge in [-0.05, 0) is 30.4 Å². The van der Waals surface area contributed by atoms with Crippen molar-refractivity contribution in [2.24, 2.45) is 7.05 Å². The highest BCUT2D eigenvalue weighted by molar-refractivity contribution is 7.99. The highest BCUT2D eigenvalue weighted by Gasteiger charge is 2.17. The van der Waals surface area contributed by atoms with E-state index >= 15 is 0 Å². The quantitative estimate of drug-likeness (QED) is 0.830. The fourth-order valence-corrected chi connectivity index (χ4v) is 3.53. The maximum atomic E-state index is 12.4. The molecule has 0 unspecified atom stereocenters. The lowest BCUT2D eigenvalue weighted by Gasteiger charge is -2.15. The molecular formula is C14H15N3O2S. The van der Waals surface area contributed by atoms with Crippen LogP contribution in [0.5, 0.6) is 0 Å². The Hall–Kier alpha value is -1.95. The molecule has 1 aliphatic heterocycles. The molecule has 0 radical (unpaired) electrons. The normalized spacial score (nSPS) is 14.2. The number of hydrogen-bond acceptors (Lipinski definition) is 4. The third-order valence-corrected chi connectivity index (χ3v) is 4.61. The summed E-state index contributed by atoms with van der Waals surface area (Å²) in [5.41, 5.74) is 2.51. The van der Waals surface area contributed by atoms with Gasteiger partial charge in [0.2, 0.25) is 6.41 Å². The number of amides is 1. The average Bonchev–Trinajstić information content (AvgIpc) is 2.71. The van der Waals surface area contributed by atoms with Crippen LogP contribution in [0.3, 0.4) is 0 Å². The minimum atomic E-state index is 0.0306. The van der Waals surface area contributed by atoms with Gasteiger partial charge >= 0.3 is 0 Å². The standard InChI is InChI=1S/C14H15N3O2S/c1-17-11-4-3-9(16-8-18)7-10(11)12-13(14(17)19)20-6-2-5-15-12/h3-4,7-8,15H,2,5-6H2,1H3,(H,16,18). The second-order valence-electron chi connectivity index (χ2n) is 4.69. The number of rotatable bonds is 2. The smallest absolute Gasteiger partial charge is 0.266 e. The van der Waals surface area contributed by atoms with E-state index in [9.17, 15) is 9.59 Å². The van der Waals surface area contributed by atoms with Crippen molar-refractivity contribution in [2.45, 2.75) is 11.3 Å². The summed E-state index contributed by atoms with van der Waals surface area (Å²) in [5.74, 6) is 0.938. The van der Waals surface area contributed by atoms with Gasteiger partial charge in [0.15, 0.2) is 0 Å². The fourth-order valence-electron chi connectivity index (χ4n) is 2.45. The number of aryl methyl sites for hydroxylation is 1. The predicted molar refractivity (Wildman–Crippen MR) is 82.7 cm³/mol. The highest BCUT2D eigenvalue weighted by atomic mass is 32.2. The molecule has 5 nitrogen and oxygen atoms in total. The first-order valence-corrected chi connectivity index (χ1v) is 7.44. The van der Waals surface area contributed by atoms with Crippen molar-refractivity contribution >= 4 is 40.4 Å². The first-order chi connectivity index (χ1) is 9.72. The second kappa shape index (κ2) is 5.20. The Bertz CT molecular complexity index is 739. The third-order valence-electron chi connectivity index (χ3n) is 3.45. The summed E-state index contributed by atoms with van der Waals surface area (Å²) in [6.45, 7) is 0.855. The van der Waals surface area contributed by atoms with E-state index in [1.807, 2.05) is 12.1 Å². The van der Waals surface area contributed by atoms with E-state index < -0.39 is 0 Å². The Labute approximate surface area is 120 Å². The van der Waals surface area contributed by atoms with Gasteiger partial charge in [0.05, 0.1) is 16.1 Å². The van der Waals surface area contributed by atoms with Crippen molar-refractivity contribution in [3.05, 3.63) is 28.6 Å². The molecule has 0 saturated heterocycles. The van der Waals surface area contributed by atoms with E-state index in [4.69, 9.17) is 0 Å². The van der Waals surface area contributed by atoms with Crippen LogP contribution in [-0.4, -0.2) is 23.3 Å². The number of carbonyl (C=O) groups excluding carboxylic acids is 1. The average molecular weight is 289 g/mol. The van der Waals surface area contributed by atoms with Crippen molar-refractivity contribution in [1.29, 1.82) is 0 Å². The molecular weight excluding hydrogens is 274 g/mol. The van der Waals surface area contributed by atoms with Crippen LogP contribution >= 0.6 is 11.8 Å². The van der Waals surface area contributed by atoms with Gasteiger partial charge in [-0.25, -0.2) is 0 Å². The number of carbonyl (C=O) groups is 1. The summed E-state index contributed by atoms with van der Waals surface area (Å²) < 4.78 is 1.67. The van der Waals surface area contributed by atoms with E-state index in [1.165, 1.54) is 0 Å². The molecule has 1 aliphatic rings. The van der Waals surface area contributed by atoms with Gasteiger partial charge in [-0.15, -0.1) is 11.8 Å². The van der Waals surface area contributed by atoms with E-state index in [0.29, 0.717) is 6.41 Å². The van der Waals surface area contributed by atoms with E-state index in [0.717, 1.165) is 45.9 Å². The predicted octanol–water partition coefficient (Wildman–Crippen LogP) is 2.01. The van der Waals surface area contributed by atoms with Gasteiger partial charge in [-0.3, -0.25) is 9.59 Å². The largest absolute Gasteiger partial charge is 0.383 e. The molecule has 1 aromatic heterocycles. The number of benzene rings is 1. The van der Waals surface area contributed by atoms with Crippen LogP contribution in [0.4, 0.5) is 11.4 Å². The van der Waals surface area contributed by atoms with E-state index in [2.05, 4.69) is 10.6 Å². The summed E-state index contributed by atoms with van der Waals surface area (Å²) in [7, 11) is 1.78. The number of nitrogens with zero attached hydrogens (tertiary/aromatic N) is 1. The lowest BCUT2D eigenvalue weighted by atomic mass is 10.1. The minimum Gasteiger partial charge on any atom is -0.383 e. The molecule has 0 fully saturated rings. The first-order valence-electron chi connectivity index (χ1n) is 6.46. The van der Waals surface area contributed by atoms with Crippen LogP contribution in [0.25, 0.3) is 10.9 Å². The van der Waals surface area contributed by atoms with Crippen molar-refractivity contribution in [3.8, 4) is 0 Å². The summed E-state index contributed by atoms with van der Waals surface area (Å²) in [5, 5.41) is 6.97. The maximum absolute atomic E-state index is 12.4. The van der Waals surface area contributed by atoms with Crippen molar-refractivity contribution in [1.82, 2.24) is 4.57 Å². The lowest BCUT2D eigenvalue weighted by Crippen LogP contribution is -2.20. The topological polar surface area (TPSA) is 63.1 Å². The number of fused-ring (bicyclic) bond motifs is 3. The number of aromatic nitrogens is 1. The molecule has 2 heterocycles. The zero-order valence-corrected chi connectivity index (χ0v) is 11.9. The third kappa shape index (κ3) is 2.06. The Balaban J connectivity index is 2.34. The SMILES string of the molecule is Cn1c(=O)c2c(c3cc(NC=O)ccc31)NCCCS2. The van der Waals surface area contributed by atoms with Crippen molar-refractivity contribution < 1.29 is 4.79 Å². The van der Waals surface area contributed by atoms with Crippen LogP contribution < -0.4 is 16.2 Å². The molecule has 1 amide bonds. The summed E-state index contributed by atoms with van der Waals surface area (Å²) in [4.78, 5) is 23.8. The number of pyridine rings is 1. The first kappa shape index (κ1) is 13.1.